The number of benzene rings is 4. The summed E-state index contributed by atoms with van der Waals surface area (Å²) in [7, 11) is 0. The van der Waals surface area contributed by atoms with Gasteiger partial charge in [0.15, 0.2) is 5.82 Å². The lowest BCUT2D eigenvalue weighted by molar-refractivity contribution is 0.101. The Hall–Kier alpha value is -4.32. The van der Waals surface area contributed by atoms with Crippen LogP contribution in [0.1, 0.15) is 21.7 Å². The first kappa shape index (κ1) is 20.6. The van der Waals surface area contributed by atoms with Crippen LogP contribution in [0.5, 0.6) is 0 Å². The third kappa shape index (κ3) is 4.11. The van der Waals surface area contributed by atoms with Crippen molar-refractivity contribution in [3.05, 3.63) is 108 Å². The van der Waals surface area contributed by atoms with Gasteiger partial charge in [0.2, 0.25) is 5.82 Å². The molecule has 0 atom stereocenters. The minimum atomic E-state index is -0.419. The minimum absolute atomic E-state index is 0.0309. The van der Waals surface area contributed by atoms with E-state index in [2.05, 4.69) is 15.4 Å². The van der Waals surface area contributed by atoms with Gasteiger partial charge in [-0.3, -0.25) is 4.79 Å². The molecule has 5 rings (SSSR count). The summed E-state index contributed by atoms with van der Waals surface area (Å²) in [4.78, 5) is 17.6. The Morgan fingerprint density at radius 3 is 2.42 bits per heavy atom. The Bertz CT molecular complexity index is 1490. The molecule has 0 spiro atoms. The summed E-state index contributed by atoms with van der Waals surface area (Å²) in [6, 6.07) is 25.6. The number of rotatable bonds is 4. The summed E-state index contributed by atoms with van der Waals surface area (Å²) in [5, 5.41) is 9.54. The number of hydrogen-bond acceptors (Lipinski definition) is 3. The van der Waals surface area contributed by atoms with E-state index in [1.807, 2.05) is 74.5 Å². The minimum Gasteiger partial charge on any atom is -0.319 e. The highest BCUT2D eigenvalue weighted by molar-refractivity contribution is 6.03. The van der Waals surface area contributed by atoms with Crippen molar-refractivity contribution in [2.24, 2.45) is 0 Å². The molecule has 1 heterocycles. The zero-order chi connectivity index (χ0) is 22.9. The van der Waals surface area contributed by atoms with E-state index in [1.165, 1.54) is 12.1 Å². The number of fused-ring (bicyclic) bond motifs is 1. The van der Waals surface area contributed by atoms with Gasteiger partial charge in [-0.15, -0.1) is 5.10 Å². The van der Waals surface area contributed by atoms with Crippen LogP contribution in [0.25, 0.3) is 27.8 Å². The van der Waals surface area contributed by atoms with Gasteiger partial charge >= 0.3 is 0 Å². The first-order valence-corrected chi connectivity index (χ1v) is 10.6. The van der Waals surface area contributed by atoms with E-state index in [4.69, 9.17) is 0 Å². The van der Waals surface area contributed by atoms with Crippen LogP contribution in [0.2, 0.25) is 0 Å². The van der Waals surface area contributed by atoms with Crippen molar-refractivity contribution in [3.8, 4) is 17.1 Å². The van der Waals surface area contributed by atoms with Gasteiger partial charge in [-0.1, -0.05) is 42.5 Å². The molecule has 0 unspecified atom stereocenters. The molecule has 0 aliphatic carbocycles. The fraction of sp³-hybridized carbons (Fsp3) is 0.0741. The first-order valence-electron chi connectivity index (χ1n) is 10.6. The Balaban J connectivity index is 1.56. The second-order valence-corrected chi connectivity index (χ2v) is 7.98. The van der Waals surface area contributed by atoms with Crippen molar-refractivity contribution in [3.63, 3.8) is 0 Å². The number of nitrogens with zero attached hydrogens (tertiary/aromatic N) is 3. The second-order valence-electron chi connectivity index (χ2n) is 7.98. The summed E-state index contributed by atoms with van der Waals surface area (Å²) in [5.41, 5.74) is 4.17. The third-order valence-electron chi connectivity index (χ3n) is 5.51. The van der Waals surface area contributed by atoms with E-state index in [9.17, 15) is 9.18 Å². The van der Waals surface area contributed by atoms with Crippen LogP contribution in [0.15, 0.2) is 84.9 Å². The molecule has 162 valence electrons. The quantitative estimate of drug-likeness (QED) is 0.371. The van der Waals surface area contributed by atoms with E-state index >= 15 is 0 Å². The maximum absolute atomic E-state index is 13.5. The van der Waals surface area contributed by atoms with Gasteiger partial charge in [0, 0.05) is 11.3 Å². The lowest BCUT2D eigenvalue weighted by Gasteiger charge is -2.10. The van der Waals surface area contributed by atoms with Gasteiger partial charge in [-0.25, -0.2) is 14.1 Å². The van der Waals surface area contributed by atoms with Crippen LogP contribution in [0.4, 0.5) is 10.1 Å². The zero-order valence-electron chi connectivity index (χ0n) is 18.2. The van der Waals surface area contributed by atoms with Crippen molar-refractivity contribution in [2.45, 2.75) is 13.8 Å². The summed E-state index contributed by atoms with van der Waals surface area (Å²) < 4.78 is 15.2. The predicted molar refractivity (Wildman–Crippen MR) is 128 cm³/mol. The van der Waals surface area contributed by atoms with Crippen LogP contribution in [-0.2, 0) is 0 Å². The molecule has 0 fully saturated rings. The van der Waals surface area contributed by atoms with E-state index < -0.39 is 5.91 Å². The van der Waals surface area contributed by atoms with Crippen molar-refractivity contribution in [1.29, 1.82) is 0 Å². The molecule has 33 heavy (non-hydrogen) atoms. The summed E-state index contributed by atoms with van der Waals surface area (Å²) in [6.45, 7) is 3.96. The molecule has 4 aromatic carbocycles. The molecule has 0 bridgehead atoms. The van der Waals surface area contributed by atoms with Crippen molar-refractivity contribution >= 4 is 22.4 Å². The molecule has 1 amide bonds. The fourth-order valence-corrected chi connectivity index (χ4v) is 3.76. The third-order valence-corrected chi connectivity index (χ3v) is 5.51. The van der Waals surface area contributed by atoms with Crippen molar-refractivity contribution in [1.82, 2.24) is 14.8 Å². The molecule has 1 N–H and O–H groups in total. The Kier molecular flexibility index (Phi) is 5.18. The molecule has 6 heteroatoms. The number of aromatic nitrogens is 3. The van der Waals surface area contributed by atoms with E-state index in [-0.39, 0.29) is 11.6 Å². The van der Waals surface area contributed by atoms with Gasteiger partial charge in [0.25, 0.3) is 5.91 Å². The van der Waals surface area contributed by atoms with Gasteiger partial charge in [-0.05, 0) is 78.2 Å². The average molecular weight is 436 g/mol. The topological polar surface area (TPSA) is 59.8 Å². The van der Waals surface area contributed by atoms with Crippen molar-refractivity contribution in [2.75, 3.05) is 5.32 Å². The van der Waals surface area contributed by atoms with Crippen LogP contribution >= 0.6 is 0 Å². The van der Waals surface area contributed by atoms with Crippen molar-refractivity contribution < 1.29 is 9.18 Å². The maximum Gasteiger partial charge on any atom is 0.295 e. The average Bonchev–Trinajstić information content (AvgIpc) is 3.26. The van der Waals surface area contributed by atoms with Gasteiger partial charge < -0.3 is 5.32 Å². The van der Waals surface area contributed by atoms with Gasteiger partial charge in [0.1, 0.15) is 5.82 Å². The number of anilines is 1. The van der Waals surface area contributed by atoms with Gasteiger partial charge in [-0.2, -0.15) is 0 Å². The number of hydrogen-bond donors (Lipinski definition) is 1. The molecule has 0 aliphatic heterocycles. The normalized spacial score (nSPS) is 11.0. The highest BCUT2D eigenvalue weighted by Crippen LogP contribution is 2.25. The molecule has 0 saturated heterocycles. The summed E-state index contributed by atoms with van der Waals surface area (Å²) in [6.07, 6.45) is 0. The van der Waals surface area contributed by atoms with E-state index in [0.717, 1.165) is 27.6 Å². The molecule has 0 saturated carbocycles. The van der Waals surface area contributed by atoms with Crippen LogP contribution in [-0.4, -0.2) is 20.7 Å². The number of aryl methyl sites for hydroxylation is 2. The molecule has 1 aromatic heterocycles. The highest BCUT2D eigenvalue weighted by Gasteiger charge is 2.20. The maximum atomic E-state index is 13.5. The number of nitrogens with one attached hydrogen (secondary N) is 1. The zero-order valence-corrected chi connectivity index (χ0v) is 18.2. The Morgan fingerprint density at radius 2 is 1.64 bits per heavy atom. The lowest BCUT2D eigenvalue weighted by Crippen LogP contribution is -2.14. The fourth-order valence-electron chi connectivity index (χ4n) is 3.76. The first-order chi connectivity index (χ1) is 16.0. The largest absolute Gasteiger partial charge is 0.319 e. The van der Waals surface area contributed by atoms with E-state index in [1.54, 1.807) is 16.8 Å². The molecular weight excluding hydrogens is 415 g/mol. The van der Waals surface area contributed by atoms with Crippen LogP contribution in [0.3, 0.4) is 0 Å². The number of carbonyl (C=O) groups excluding carboxylic acids is 1. The smallest absolute Gasteiger partial charge is 0.295 e. The number of amides is 1. The predicted octanol–water partition coefficient (Wildman–Crippen LogP) is 6.10. The summed E-state index contributed by atoms with van der Waals surface area (Å²) in [5.74, 6) is -0.265. The van der Waals surface area contributed by atoms with Crippen LogP contribution < -0.4 is 5.32 Å². The Labute approximate surface area is 190 Å². The molecule has 0 radical (unpaired) electrons. The SMILES string of the molecule is Cc1ccc(C)c(-n2nc(C(=O)Nc3ccc4ccccc4c3)nc2-c2ccc(F)cc2)c1. The molecular formula is C27H21FN4O. The highest BCUT2D eigenvalue weighted by atomic mass is 19.1. The molecule has 5 nitrogen and oxygen atoms in total. The Morgan fingerprint density at radius 1 is 0.879 bits per heavy atom. The second kappa shape index (κ2) is 8.31. The number of carbonyl (C=O) groups is 1. The van der Waals surface area contributed by atoms with Gasteiger partial charge in [0.05, 0.1) is 5.69 Å². The summed E-state index contributed by atoms with van der Waals surface area (Å²) >= 11 is 0. The standard InChI is InChI=1S/C27H21FN4O/c1-17-7-8-18(2)24(15-17)32-26(20-9-12-22(28)13-10-20)30-25(31-32)27(33)29-23-14-11-19-5-3-4-6-21(19)16-23/h3-16H,1-2H3,(H,29,33). The lowest BCUT2D eigenvalue weighted by atomic mass is 10.1. The van der Waals surface area contributed by atoms with E-state index in [0.29, 0.717) is 17.1 Å². The number of halogens is 1. The molecule has 0 aliphatic rings. The monoisotopic (exact) mass is 436 g/mol. The van der Waals surface area contributed by atoms with Crippen LogP contribution in [0, 0.1) is 19.7 Å². The molecule has 5 aromatic rings.